The van der Waals surface area contributed by atoms with Gasteiger partial charge in [-0.1, -0.05) is 73.1 Å². The van der Waals surface area contributed by atoms with Crippen LogP contribution in [0.5, 0.6) is 0 Å². The summed E-state index contributed by atoms with van der Waals surface area (Å²) < 4.78 is 0. The average Bonchev–Trinajstić information content (AvgIpc) is 2.28. The Balaban J connectivity index is 4.07. The van der Waals surface area contributed by atoms with Gasteiger partial charge >= 0.3 is 0 Å². The summed E-state index contributed by atoms with van der Waals surface area (Å²) in [4.78, 5) is 0. The van der Waals surface area contributed by atoms with E-state index in [0.29, 0.717) is 0 Å². The van der Waals surface area contributed by atoms with E-state index < -0.39 is 0 Å². The summed E-state index contributed by atoms with van der Waals surface area (Å²) in [6.45, 7) is 13.4. The molecule has 1 radical (unpaired) electrons. The molecular formula is C16H33. The predicted octanol–water partition coefficient (Wildman–Crippen LogP) is 5.87. The molecule has 0 heterocycles. The van der Waals surface area contributed by atoms with E-state index in [9.17, 15) is 0 Å². The van der Waals surface area contributed by atoms with Crippen molar-refractivity contribution in [2.45, 2.75) is 79.1 Å². The molecule has 0 bridgehead atoms. The molecule has 0 heteroatoms. The van der Waals surface area contributed by atoms with Crippen molar-refractivity contribution in [2.24, 2.45) is 17.8 Å². The van der Waals surface area contributed by atoms with Gasteiger partial charge in [-0.25, -0.2) is 0 Å². The SMILES string of the molecule is [CH2]CC(C)CC(CCC)CC(CC)CCC. The largest absolute Gasteiger partial charge is 0.0654 e. The molecule has 0 aromatic rings. The second kappa shape index (κ2) is 10.2. The summed E-state index contributed by atoms with van der Waals surface area (Å²) in [6, 6.07) is 0. The van der Waals surface area contributed by atoms with Gasteiger partial charge in [0.15, 0.2) is 0 Å². The van der Waals surface area contributed by atoms with E-state index in [1.807, 2.05) is 0 Å². The molecule has 0 fully saturated rings. The van der Waals surface area contributed by atoms with Crippen molar-refractivity contribution in [2.75, 3.05) is 0 Å². The van der Waals surface area contributed by atoms with Gasteiger partial charge in [-0.3, -0.25) is 0 Å². The second-order valence-electron chi connectivity index (χ2n) is 5.58. The van der Waals surface area contributed by atoms with Crippen molar-refractivity contribution in [3.63, 3.8) is 0 Å². The molecule has 3 atom stereocenters. The molecule has 16 heavy (non-hydrogen) atoms. The zero-order chi connectivity index (χ0) is 12.4. The van der Waals surface area contributed by atoms with E-state index in [2.05, 4.69) is 34.6 Å². The molecule has 0 aromatic carbocycles. The van der Waals surface area contributed by atoms with Crippen LogP contribution in [0.2, 0.25) is 0 Å². The van der Waals surface area contributed by atoms with Gasteiger partial charge in [-0.2, -0.15) is 0 Å². The summed E-state index contributed by atoms with van der Waals surface area (Å²) in [5, 5.41) is 0. The fourth-order valence-corrected chi connectivity index (χ4v) is 2.80. The maximum atomic E-state index is 4.03. The molecule has 0 aromatic heterocycles. The predicted molar refractivity (Wildman–Crippen MR) is 75.5 cm³/mol. The normalized spacial score (nSPS) is 17.1. The Labute approximate surface area is 104 Å². The van der Waals surface area contributed by atoms with Gasteiger partial charge in [0.2, 0.25) is 0 Å². The van der Waals surface area contributed by atoms with E-state index >= 15 is 0 Å². The van der Waals surface area contributed by atoms with Crippen LogP contribution in [0, 0.1) is 24.7 Å². The Morgan fingerprint density at radius 3 is 1.88 bits per heavy atom. The molecule has 0 rings (SSSR count). The first-order valence-electron chi connectivity index (χ1n) is 7.46. The summed E-state index contributed by atoms with van der Waals surface area (Å²) in [6.07, 6.45) is 10.9. The van der Waals surface area contributed by atoms with E-state index in [4.69, 9.17) is 0 Å². The van der Waals surface area contributed by atoms with Crippen LogP contribution in [0.1, 0.15) is 79.1 Å². The van der Waals surface area contributed by atoms with Gasteiger partial charge in [-0.05, 0) is 30.6 Å². The van der Waals surface area contributed by atoms with Crippen molar-refractivity contribution in [3.8, 4) is 0 Å². The van der Waals surface area contributed by atoms with Gasteiger partial charge in [0.05, 0.1) is 0 Å². The van der Waals surface area contributed by atoms with Crippen molar-refractivity contribution in [3.05, 3.63) is 6.92 Å². The smallest absolute Gasteiger partial charge is 0.0409 e. The van der Waals surface area contributed by atoms with Crippen LogP contribution in [0.3, 0.4) is 0 Å². The maximum absolute atomic E-state index is 4.03. The number of hydrogen-bond acceptors (Lipinski definition) is 0. The highest BCUT2D eigenvalue weighted by molar-refractivity contribution is 4.69. The van der Waals surface area contributed by atoms with Crippen LogP contribution in [0.25, 0.3) is 0 Å². The standard InChI is InChI=1S/C16H33/c1-6-10-15(9-4)13-16(11-7-2)12-14(5)8-3/h14-16H,3,6-13H2,1-2,4-5H3. The maximum Gasteiger partial charge on any atom is -0.0409 e. The highest BCUT2D eigenvalue weighted by atomic mass is 14.2. The third-order valence-electron chi connectivity index (χ3n) is 3.87. The minimum absolute atomic E-state index is 0.815. The highest BCUT2D eigenvalue weighted by Crippen LogP contribution is 2.29. The molecule has 0 spiro atoms. The van der Waals surface area contributed by atoms with Gasteiger partial charge in [0.25, 0.3) is 0 Å². The third kappa shape index (κ3) is 7.30. The van der Waals surface area contributed by atoms with E-state index in [0.717, 1.165) is 24.2 Å². The Hall–Kier alpha value is 0. The quantitative estimate of drug-likeness (QED) is 0.436. The third-order valence-corrected chi connectivity index (χ3v) is 3.87. The number of hydrogen-bond donors (Lipinski definition) is 0. The van der Waals surface area contributed by atoms with Crippen LogP contribution in [-0.2, 0) is 0 Å². The van der Waals surface area contributed by atoms with Crippen LogP contribution >= 0.6 is 0 Å². The Kier molecular flexibility index (Phi) is 10.2. The first-order chi connectivity index (χ1) is 7.67. The monoisotopic (exact) mass is 225 g/mol. The van der Waals surface area contributed by atoms with Crippen molar-refractivity contribution in [1.82, 2.24) is 0 Å². The van der Waals surface area contributed by atoms with Gasteiger partial charge in [0.1, 0.15) is 0 Å². The molecule has 0 aliphatic carbocycles. The molecule has 97 valence electrons. The van der Waals surface area contributed by atoms with Crippen molar-refractivity contribution in [1.29, 1.82) is 0 Å². The molecule has 0 saturated heterocycles. The van der Waals surface area contributed by atoms with Gasteiger partial charge in [0, 0.05) is 0 Å². The first kappa shape index (κ1) is 16.0. The van der Waals surface area contributed by atoms with Crippen LogP contribution in [-0.4, -0.2) is 0 Å². The lowest BCUT2D eigenvalue weighted by atomic mass is 9.82. The number of rotatable bonds is 10. The Bertz CT molecular complexity index is 139. The van der Waals surface area contributed by atoms with Crippen LogP contribution in [0.15, 0.2) is 0 Å². The van der Waals surface area contributed by atoms with E-state index in [-0.39, 0.29) is 0 Å². The molecule has 0 aliphatic heterocycles. The topological polar surface area (TPSA) is 0 Å². The fourth-order valence-electron chi connectivity index (χ4n) is 2.80. The molecule has 0 nitrogen and oxygen atoms in total. The molecule has 0 N–H and O–H groups in total. The van der Waals surface area contributed by atoms with Crippen molar-refractivity contribution < 1.29 is 0 Å². The molecule has 0 amide bonds. The first-order valence-corrected chi connectivity index (χ1v) is 7.46. The molecule has 3 unspecified atom stereocenters. The minimum Gasteiger partial charge on any atom is -0.0654 e. The van der Waals surface area contributed by atoms with Gasteiger partial charge in [-0.15, -0.1) is 0 Å². The van der Waals surface area contributed by atoms with Crippen LogP contribution in [0.4, 0.5) is 0 Å². The summed E-state index contributed by atoms with van der Waals surface area (Å²) in [5.41, 5.74) is 0. The Morgan fingerprint density at radius 1 is 0.875 bits per heavy atom. The lowest BCUT2D eigenvalue weighted by Gasteiger charge is -2.24. The lowest BCUT2D eigenvalue weighted by molar-refractivity contribution is 0.280. The summed E-state index contributed by atoms with van der Waals surface area (Å²) >= 11 is 0. The zero-order valence-corrected chi connectivity index (χ0v) is 12.1. The van der Waals surface area contributed by atoms with E-state index in [1.54, 1.807) is 0 Å². The molecular weight excluding hydrogens is 192 g/mol. The summed E-state index contributed by atoms with van der Waals surface area (Å²) in [5.74, 6) is 2.74. The van der Waals surface area contributed by atoms with Crippen molar-refractivity contribution >= 4 is 0 Å². The molecule has 0 saturated carbocycles. The van der Waals surface area contributed by atoms with E-state index in [1.165, 1.54) is 44.9 Å². The molecule has 0 aliphatic rings. The Morgan fingerprint density at radius 2 is 1.44 bits per heavy atom. The van der Waals surface area contributed by atoms with Gasteiger partial charge < -0.3 is 0 Å². The second-order valence-corrected chi connectivity index (χ2v) is 5.58. The zero-order valence-electron chi connectivity index (χ0n) is 12.1. The van der Waals surface area contributed by atoms with Crippen LogP contribution < -0.4 is 0 Å². The average molecular weight is 225 g/mol. The fraction of sp³-hybridized carbons (Fsp3) is 0.938. The highest BCUT2D eigenvalue weighted by Gasteiger charge is 2.16. The summed E-state index contributed by atoms with van der Waals surface area (Å²) in [7, 11) is 0. The lowest BCUT2D eigenvalue weighted by Crippen LogP contribution is -2.12. The minimum atomic E-state index is 0.815.